The van der Waals surface area contributed by atoms with Gasteiger partial charge in [-0.25, -0.2) is 0 Å². The molecule has 0 amide bonds. The van der Waals surface area contributed by atoms with Gasteiger partial charge < -0.3 is 9.73 Å². The first-order valence-corrected chi connectivity index (χ1v) is 7.37. The number of rotatable bonds is 5. The van der Waals surface area contributed by atoms with E-state index in [2.05, 4.69) is 50.4 Å². The van der Waals surface area contributed by atoms with E-state index in [4.69, 9.17) is 4.42 Å². The lowest BCUT2D eigenvalue weighted by molar-refractivity contribution is 0.484. The summed E-state index contributed by atoms with van der Waals surface area (Å²) in [6.45, 7) is 11.5. The highest BCUT2D eigenvalue weighted by atomic mass is 16.3. The number of hydrogen-bond acceptors (Lipinski definition) is 2. The number of hydrogen-bond donors (Lipinski definition) is 1. The topological polar surface area (TPSA) is 25.2 Å². The van der Waals surface area contributed by atoms with Crippen molar-refractivity contribution in [1.82, 2.24) is 5.32 Å². The molecular weight excluding hydrogens is 246 g/mol. The molecule has 1 unspecified atom stereocenters. The first-order valence-electron chi connectivity index (χ1n) is 7.37. The fourth-order valence-electron chi connectivity index (χ4n) is 2.96. The molecule has 0 fully saturated rings. The minimum Gasteiger partial charge on any atom is -0.466 e. The maximum absolute atomic E-state index is 5.69. The number of nitrogens with one attached hydrogen (secondary N) is 1. The van der Waals surface area contributed by atoms with Crippen molar-refractivity contribution in [2.75, 3.05) is 6.54 Å². The molecule has 0 aliphatic rings. The van der Waals surface area contributed by atoms with E-state index < -0.39 is 0 Å². The number of furan rings is 1. The Bertz CT molecular complexity index is 563. The van der Waals surface area contributed by atoms with Gasteiger partial charge in [0.2, 0.25) is 0 Å². The third kappa shape index (κ3) is 3.51. The Labute approximate surface area is 122 Å². The largest absolute Gasteiger partial charge is 0.466 e. The summed E-state index contributed by atoms with van der Waals surface area (Å²) in [4.78, 5) is 0. The van der Waals surface area contributed by atoms with Gasteiger partial charge in [0, 0.05) is 11.6 Å². The normalized spacial score (nSPS) is 12.7. The van der Waals surface area contributed by atoms with E-state index in [0.717, 1.165) is 24.5 Å². The highest BCUT2D eigenvalue weighted by Crippen LogP contribution is 2.25. The maximum atomic E-state index is 5.69. The van der Waals surface area contributed by atoms with Gasteiger partial charge in [-0.1, -0.05) is 36.2 Å². The minimum absolute atomic E-state index is 0.318. The molecule has 0 aliphatic carbocycles. The highest BCUT2D eigenvalue weighted by Gasteiger charge is 2.17. The second-order valence-corrected chi connectivity index (χ2v) is 5.68. The Balaban J connectivity index is 2.27. The number of benzene rings is 1. The molecule has 1 heterocycles. The lowest BCUT2D eigenvalue weighted by atomic mass is 9.96. The van der Waals surface area contributed by atoms with Crippen molar-refractivity contribution >= 4 is 0 Å². The van der Waals surface area contributed by atoms with Gasteiger partial charge >= 0.3 is 0 Å². The molecule has 0 saturated heterocycles. The SMILES string of the molecule is CCNC(Cc1cc(C)cc(C)c1)c1cc(C)oc1C. The Morgan fingerprint density at radius 2 is 1.65 bits per heavy atom. The van der Waals surface area contributed by atoms with Gasteiger partial charge in [-0.15, -0.1) is 0 Å². The van der Waals surface area contributed by atoms with E-state index in [-0.39, 0.29) is 0 Å². The van der Waals surface area contributed by atoms with Crippen LogP contribution in [0.2, 0.25) is 0 Å². The van der Waals surface area contributed by atoms with Gasteiger partial charge in [-0.2, -0.15) is 0 Å². The highest BCUT2D eigenvalue weighted by molar-refractivity contribution is 5.32. The fraction of sp³-hybridized carbons (Fsp3) is 0.444. The summed E-state index contributed by atoms with van der Waals surface area (Å²) in [5.74, 6) is 2.01. The van der Waals surface area contributed by atoms with Gasteiger partial charge in [-0.3, -0.25) is 0 Å². The molecule has 108 valence electrons. The van der Waals surface area contributed by atoms with Crippen LogP contribution >= 0.6 is 0 Å². The van der Waals surface area contributed by atoms with Crippen molar-refractivity contribution < 1.29 is 4.42 Å². The zero-order valence-corrected chi connectivity index (χ0v) is 13.2. The van der Waals surface area contributed by atoms with Crippen LogP contribution in [0.3, 0.4) is 0 Å². The molecule has 1 aromatic heterocycles. The Kier molecular flexibility index (Phi) is 4.66. The summed E-state index contributed by atoms with van der Waals surface area (Å²) in [7, 11) is 0. The van der Waals surface area contributed by atoms with Crippen LogP contribution in [0, 0.1) is 27.7 Å². The van der Waals surface area contributed by atoms with E-state index in [0.29, 0.717) is 6.04 Å². The summed E-state index contributed by atoms with van der Waals surface area (Å²) >= 11 is 0. The molecule has 2 heteroatoms. The molecule has 0 bridgehead atoms. The minimum atomic E-state index is 0.318. The van der Waals surface area contributed by atoms with Crippen LogP contribution in [0.5, 0.6) is 0 Å². The van der Waals surface area contributed by atoms with Crippen molar-refractivity contribution in [3.63, 3.8) is 0 Å². The quantitative estimate of drug-likeness (QED) is 0.871. The van der Waals surface area contributed by atoms with Crippen LogP contribution in [0.4, 0.5) is 0 Å². The average molecular weight is 271 g/mol. The predicted molar refractivity (Wildman–Crippen MR) is 84.2 cm³/mol. The monoisotopic (exact) mass is 271 g/mol. The molecule has 20 heavy (non-hydrogen) atoms. The number of aryl methyl sites for hydroxylation is 4. The molecule has 0 spiro atoms. The first kappa shape index (κ1) is 14.9. The molecule has 0 aliphatic heterocycles. The van der Waals surface area contributed by atoms with E-state index in [1.807, 2.05) is 13.8 Å². The van der Waals surface area contributed by atoms with E-state index in [1.54, 1.807) is 0 Å². The zero-order chi connectivity index (χ0) is 14.7. The Morgan fingerprint density at radius 1 is 1.00 bits per heavy atom. The molecule has 1 aromatic carbocycles. The Morgan fingerprint density at radius 3 is 2.15 bits per heavy atom. The second-order valence-electron chi connectivity index (χ2n) is 5.68. The molecular formula is C18H25NO. The molecule has 2 aromatic rings. The number of likely N-dealkylation sites (N-methyl/N-ethyl adjacent to an activating group) is 1. The summed E-state index contributed by atoms with van der Waals surface area (Å²) < 4.78 is 5.69. The summed E-state index contributed by atoms with van der Waals surface area (Å²) in [5.41, 5.74) is 5.32. The van der Waals surface area contributed by atoms with E-state index >= 15 is 0 Å². The third-order valence-electron chi connectivity index (χ3n) is 3.63. The summed E-state index contributed by atoms with van der Waals surface area (Å²) in [6.07, 6.45) is 0.996. The standard InChI is InChI=1S/C18H25NO/c1-6-19-18(17-10-14(4)20-15(17)5)11-16-8-12(2)7-13(3)9-16/h7-10,18-19H,6,11H2,1-5H3. The van der Waals surface area contributed by atoms with Crippen molar-refractivity contribution in [3.05, 3.63) is 58.0 Å². The molecule has 1 N–H and O–H groups in total. The Hall–Kier alpha value is -1.54. The maximum Gasteiger partial charge on any atom is 0.105 e. The van der Waals surface area contributed by atoms with E-state index in [1.165, 1.54) is 22.3 Å². The third-order valence-corrected chi connectivity index (χ3v) is 3.63. The van der Waals surface area contributed by atoms with Gasteiger partial charge in [0.1, 0.15) is 11.5 Å². The zero-order valence-electron chi connectivity index (χ0n) is 13.2. The fourth-order valence-corrected chi connectivity index (χ4v) is 2.96. The molecule has 0 radical (unpaired) electrons. The molecule has 1 atom stereocenters. The second kappa shape index (κ2) is 6.27. The average Bonchev–Trinajstić information content (AvgIpc) is 2.66. The van der Waals surface area contributed by atoms with E-state index in [9.17, 15) is 0 Å². The van der Waals surface area contributed by atoms with Gasteiger partial charge in [0.05, 0.1) is 0 Å². The van der Waals surface area contributed by atoms with Crippen LogP contribution < -0.4 is 5.32 Å². The van der Waals surface area contributed by atoms with Crippen LogP contribution in [-0.4, -0.2) is 6.54 Å². The van der Waals surface area contributed by atoms with Crippen LogP contribution in [0.25, 0.3) is 0 Å². The van der Waals surface area contributed by atoms with Gasteiger partial charge in [0.15, 0.2) is 0 Å². The molecule has 2 rings (SSSR count). The van der Waals surface area contributed by atoms with Crippen LogP contribution in [0.1, 0.15) is 46.7 Å². The van der Waals surface area contributed by atoms with Crippen molar-refractivity contribution in [3.8, 4) is 0 Å². The predicted octanol–water partition coefficient (Wildman–Crippen LogP) is 4.41. The van der Waals surface area contributed by atoms with Gasteiger partial charge in [-0.05, 0) is 52.3 Å². The molecule has 2 nitrogen and oxygen atoms in total. The summed E-state index contributed by atoms with van der Waals surface area (Å²) in [5, 5.41) is 3.58. The van der Waals surface area contributed by atoms with Crippen molar-refractivity contribution in [1.29, 1.82) is 0 Å². The lowest BCUT2D eigenvalue weighted by Gasteiger charge is -2.18. The summed E-state index contributed by atoms with van der Waals surface area (Å²) in [6, 6.07) is 9.25. The lowest BCUT2D eigenvalue weighted by Crippen LogP contribution is -2.23. The molecule has 0 saturated carbocycles. The van der Waals surface area contributed by atoms with Crippen LogP contribution in [0.15, 0.2) is 28.7 Å². The first-order chi connectivity index (χ1) is 9.49. The van der Waals surface area contributed by atoms with Gasteiger partial charge in [0.25, 0.3) is 0 Å². The smallest absolute Gasteiger partial charge is 0.105 e. The van der Waals surface area contributed by atoms with Crippen LogP contribution in [-0.2, 0) is 6.42 Å². The van der Waals surface area contributed by atoms with Crippen molar-refractivity contribution in [2.45, 2.75) is 47.1 Å². The van der Waals surface area contributed by atoms with Crippen molar-refractivity contribution in [2.24, 2.45) is 0 Å².